The topological polar surface area (TPSA) is 32.9 Å². The van der Waals surface area contributed by atoms with Crippen LogP contribution in [0.3, 0.4) is 0 Å². The quantitative estimate of drug-likeness (QED) is 0.201. The summed E-state index contributed by atoms with van der Waals surface area (Å²) in [5, 5.41) is 2.61. The number of aromatic nitrogens is 1. The number of carbonyl (C=O) groups is 1. The Balaban J connectivity index is 0.000000161. The molecule has 0 spiro atoms. The van der Waals surface area contributed by atoms with Gasteiger partial charge in [-0.2, -0.15) is 12.1 Å². The van der Waals surface area contributed by atoms with Gasteiger partial charge in [0.1, 0.15) is 5.78 Å². The second-order valence-corrected chi connectivity index (χ2v) is 5.91. The van der Waals surface area contributed by atoms with E-state index in [4.69, 9.17) is 0 Å². The van der Waals surface area contributed by atoms with Gasteiger partial charge in [0.2, 0.25) is 0 Å². The Bertz CT molecular complexity index is 989. The van der Waals surface area contributed by atoms with E-state index in [2.05, 4.69) is 53.5 Å². The van der Waals surface area contributed by atoms with Crippen LogP contribution in [0, 0.1) is 0 Å². The molecule has 0 atom stereocenters. The summed E-state index contributed by atoms with van der Waals surface area (Å²) < 4.78 is 0. The molecule has 0 aliphatic heterocycles. The summed E-state index contributed by atoms with van der Waals surface area (Å²) in [5.41, 5.74) is 3.22. The Labute approximate surface area is 170 Å². The van der Waals surface area contributed by atoms with Gasteiger partial charge in [0.25, 0.3) is 0 Å². The Kier molecular flexibility index (Phi) is 7.81. The second-order valence-electron chi connectivity index (χ2n) is 5.91. The molecule has 0 aliphatic rings. The number of H-pyrrole nitrogens is 1. The molecule has 0 bridgehead atoms. The first-order valence-electron chi connectivity index (χ1n) is 8.60. The molecule has 0 radical (unpaired) electrons. The number of Topliss-reactive ketones (excluding diaryl/α,β-unsaturated/α-hetero) is 1. The van der Waals surface area contributed by atoms with Gasteiger partial charge in [0, 0.05) is 38.9 Å². The molecule has 5 aromatic rings. The van der Waals surface area contributed by atoms with Crippen molar-refractivity contribution in [2.75, 3.05) is 0 Å². The Morgan fingerprint density at radius 1 is 0.741 bits per heavy atom. The number of hydrogen-bond acceptors (Lipinski definition) is 1. The Hall–Kier alpha value is -2.87. The molecule has 0 saturated heterocycles. The van der Waals surface area contributed by atoms with E-state index in [1.165, 1.54) is 21.8 Å². The predicted molar refractivity (Wildman–Crippen MR) is 110 cm³/mol. The molecule has 27 heavy (non-hydrogen) atoms. The van der Waals surface area contributed by atoms with Gasteiger partial charge < -0.3 is 40.1 Å². The van der Waals surface area contributed by atoms with E-state index in [1.54, 1.807) is 6.92 Å². The summed E-state index contributed by atoms with van der Waals surface area (Å²) in [5.74, 6) is 0.134. The molecule has 1 N–H and O–H groups in total. The van der Waals surface area contributed by atoms with E-state index in [0.717, 1.165) is 5.56 Å². The molecule has 5 rings (SSSR count). The monoisotopic (exact) mass is 395 g/mol. The fourth-order valence-electron chi connectivity index (χ4n) is 2.73. The maximum Gasteiger partial charge on any atom is 0.105 e. The molecule has 1 heterocycles. The van der Waals surface area contributed by atoms with Gasteiger partial charge in [-0.05, 0) is 19.1 Å². The normalized spacial score (nSPS) is 9.52. The van der Waals surface area contributed by atoms with E-state index >= 15 is 0 Å². The third kappa shape index (κ3) is 5.55. The van der Waals surface area contributed by atoms with Crippen molar-refractivity contribution in [3.63, 3.8) is 0 Å². The number of para-hydroxylation sites is 2. The van der Waals surface area contributed by atoms with Crippen LogP contribution in [-0.2, 0) is 17.1 Å². The summed E-state index contributed by atoms with van der Waals surface area (Å²) in [4.78, 5) is 13.9. The molecule has 4 aromatic carbocycles. The number of benzene rings is 2. The van der Waals surface area contributed by atoms with Crippen molar-refractivity contribution < 1.29 is 21.9 Å². The van der Waals surface area contributed by atoms with Crippen molar-refractivity contribution in [1.82, 2.24) is 4.98 Å². The molecule has 2 nitrogen and oxygen atoms in total. The summed E-state index contributed by atoms with van der Waals surface area (Å²) in [6, 6.07) is 34.1. The van der Waals surface area contributed by atoms with Gasteiger partial charge >= 0.3 is 0 Å². The van der Waals surface area contributed by atoms with Gasteiger partial charge in [-0.15, -0.1) is 0 Å². The SMILES string of the molecule is CC(=O)[c-]1cccc1.[Fe].[cH-]1[cH-][cH-][cH-][cH-]1.c1ccc2c(c1)[nH]c1ccccc12. The first-order valence-corrected chi connectivity index (χ1v) is 8.60. The van der Waals surface area contributed by atoms with Crippen LogP contribution in [0.25, 0.3) is 21.8 Å². The summed E-state index contributed by atoms with van der Waals surface area (Å²) in [6.45, 7) is 1.56. The third-order valence-electron chi connectivity index (χ3n) is 4.04. The molecule has 142 valence electrons. The molecule has 0 saturated carbocycles. The minimum absolute atomic E-state index is 0. The van der Waals surface area contributed by atoms with Crippen molar-refractivity contribution >= 4 is 27.6 Å². The van der Waals surface area contributed by atoms with Crippen molar-refractivity contribution in [1.29, 1.82) is 0 Å². The van der Waals surface area contributed by atoms with E-state index in [1.807, 2.05) is 54.6 Å². The molecular weight excluding hydrogens is 374 g/mol. The number of aromatic amines is 1. The van der Waals surface area contributed by atoms with Crippen LogP contribution in [0.5, 0.6) is 0 Å². The number of carbonyl (C=O) groups excluding carboxylic acids is 1. The summed E-state index contributed by atoms with van der Waals surface area (Å²) >= 11 is 0. The van der Waals surface area contributed by atoms with Crippen molar-refractivity contribution in [3.05, 3.63) is 109 Å². The van der Waals surface area contributed by atoms with Gasteiger partial charge in [0.15, 0.2) is 0 Å². The smallest absolute Gasteiger partial charge is 0.105 e. The van der Waals surface area contributed by atoms with Gasteiger partial charge in [-0.1, -0.05) is 42.0 Å². The standard InChI is InChI=1S/C12H9N.C7H7O.C5H5.Fe/c1-3-7-11-9(5-1)10-6-2-4-8-12(10)13-11;1-6(8)7-4-2-3-5-7;1-2-4-5-3-1;/h1-8,13H;2-5H,1H3;1-5H;/q;-1;-5;. The maximum atomic E-state index is 10.5. The van der Waals surface area contributed by atoms with Crippen molar-refractivity contribution in [3.8, 4) is 0 Å². The number of rotatable bonds is 1. The van der Waals surface area contributed by atoms with Gasteiger partial charge in [-0.25, -0.2) is 12.1 Å². The van der Waals surface area contributed by atoms with Crippen LogP contribution in [0.2, 0.25) is 0 Å². The largest absolute Gasteiger partial charge is 0.748 e. The summed E-state index contributed by atoms with van der Waals surface area (Å²) in [7, 11) is 0. The fraction of sp³-hybridized carbons (Fsp3) is 0.0417. The Morgan fingerprint density at radius 2 is 1.15 bits per heavy atom. The van der Waals surface area contributed by atoms with Crippen molar-refractivity contribution in [2.45, 2.75) is 6.92 Å². The molecule has 3 heteroatoms. The number of ketones is 1. The molecule has 1 aromatic heterocycles. The average Bonchev–Trinajstić information content (AvgIpc) is 3.44. The molecule has 0 fully saturated rings. The van der Waals surface area contributed by atoms with Gasteiger partial charge in [0.05, 0.1) is 0 Å². The van der Waals surface area contributed by atoms with Crippen LogP contribution < -0.4 is 0 Å². The van der Waals surface area contributed by atoms with E-state index in [-0.39, 0.29) is 22.9 Å². The molecule has 0 amide bonds. The van der Waals surface area contributed by atoms with Crippen molar-refractivity contribution in [2.24, 2.45) is 0 Å². The zero-order valence-electron chi connectivity index (χ0n) is 15.1. The first-order chi connectivity index (χ1) is 12.8. The molecule has 0 unspecified atom stereocenters. The fourth-order valence-corrected chi connectivity index (χ4v) is 2.73. The average molecular weight is 395 g/mol. The number of hydrogen-bond donors (Lipinski definition) is 1. The molecule has 0 aliphatic carbocycles. The van der Waals surface area contributed by atoms with E-state index in [0.29, 0.717) is 0 Å². The van der Waals surface area contributed by atoms with Gasteiger partial charge in [-0.3, -0.25) is 0 Å². The van der Waals surface area contributed by atoms with Crippen LogP contribution in [-0.4, -0.2) is 10.8 Å². The maximum absolute atomic E-state index is 10.5. The number of nitrogens with one attached hydrogen (secondary N) is 1. The van der Waals surface area contributed by atoms with Crippen LogP contribution in [0.4, 0.5) is 0 Å². The van der Waals surface area contributed by atoms with E-state index in [9.17, 15) is 4.79 Å². The van der Waals surface area contributed by atoms with Crippen LogP contribution >= 0.6 is 0 Å². The van der Waals surface area contributed by atoms with Crippen LogP contribution in [0.1, 0.15) is 17.3 Å². The minimum atomic E-state index is 0. The Morgan fingerprint density at radius 3 is 1.52 bits per heavy atom. The summed E-state index contributed by atoms with van der Waals surface area (Å²) in [6.07, 6.45) is 0. The first kappa shape index (κ1) is 20.4. The van der Waals surface area contributed by atoms with Crippen LogP contribution in [0.15, 0.2) is 103 Å². The third-order valence-corrected chi connectivity index (χ3v) is 4.04. The second kappa shape index (κ2) is 10.3. The molecular formula is C24H21FeNO-6. The zero-order valence-corrected chi connectivity index (χ0v) is 16.2. The minimum Gasteiger partial charge on any atom is -0.748 e. The zero-order chi connectivity index (χ0) is 18.2. The predicted octanol–water partition coefficient (Wildman–Crippen LogP) is 6.33. The van der Waals surface area contributed by atoms with E-state index < -0.39 is 0 Å². The number of fused-ring (bicyclic) bond motifs is 3.